The Morgan fingerprint density at radius 1 is 1.13 bits per heavy atom. The van der Waals surface area contributed by atoms with Crippen molar-refractivity contribution in [3.63, 3.8) is 0 Å². The SMILES string of the molecule is O=c1[nH]nccc1-c1ccc(Cl)c(Cl)c1. The van der Waals surface area contributed by atoms with Crippen LogP contribution in [0.1, 0.15) is 0 Å². The molecule has 0 amide bonds. The molecule has 2 aromatic rings. The van der Waals surface area contributed by atoms with E-state index < -0.39 is 0 Å². The molecule has 0 saturated heterocycles. The van der Waals surface area contributed by atoms with Crippen LogP contribution in [0.3, 0.4) is 0 Å². The summed E-state index contributed by atoms with van der Waals surface area (Å²) in [5.41, 5.74) is 0.979. The predicted molar refractivity (Wildman–Crippen MR) is 60.3 cm³/mol. The third kappa shape index (κ3) is 2.03. The highest BCUT2D eigenvalue weighted by atomic mass is 35.5. The van der Waals surface area contributed by atoms with Gasteiger partial charge in [-0.05, 0) is 23.8 Å². The first-order valence-electron chi connectivity index (χ1n) is 4.17. The van der Waals surface area contributed by atoms with Crippen LogP contribution in [-0.2, 0) is 0 Å². The van der Waals surface area contributed by atoms with Gasteiger partial charge in [-0.25, -0.2) is 5.10 Å². The summed E-state index contributed by atoms with van der Waals surface area (Å²) in [4.78, 5) is 11.4. The fraction of sp³-hybridized carbons (Fsp3) is 0. The zero-order valence-electron chi connectivity index (χ0n) is 7.50. The Balaban J connectivity index is 2.60. The highest BCUT2D eigenvalue weighted by molar-refractivity contribution is 6.42. The summed E-state index contributed by atoms with van der Waals surface area (Å²) in [6, 6.07) is 6.66. The van der Waals surface area contributed by atoms with Crippen molar-refractivity contribution in [2.45, 2.75) is 0 Å². The zero-order chi connectivity index (χ0) is 10.8. The number of H-pyrrole nitrogens is 1. The second-order valence-corrected chi connectivity index (χ2v) is 3.74. The maximum Gasteiger partial charge on any atom is 0.272 e. The second-order valence-electron chi connectivity index (χ2n) is 2.93. The molecule has 0 radical (unpaired) electrons. The Hall–Kier alpha value is -1.32. The lowest BCUT2D eigenvalue weighted by atomic mass is 10.1. The summed E-state index contributed by atoms with van der Waals surface area (Å²) < 4.78 is 0. The van der Waals surface area contributed by atoms with Gasteiger partial charge >= 0.3 is 0 Å². The molecule has 0 saturated carbocycles. The molecule has 1 aromatic heterocycles. The van der Waals surface area contributed by atoms with Crippen molar-refractivity contribution in [2.24, 2.45) is 0 Å². The maximum absolute atomic E-state index is 11.4. The molecule has 0 aliphatic rings. The molecule has 0 atom stereocenters. The summed E-state index contributed by atoms with van der Waals surface area (Å²) in [6.07, 6.45) is 1.51. The van der Waals surface area contributed by atoms with Crippen LogP contribution in [0.25, 0.3) is 11.1 Å². The van der Waals surface area contributed by atoms with Crippen molar-refractivity contribution in [3.8, 4) is 11.1 Å². The zero-order valence-corrected chi connectivity index (χ0v) is 9.01. The highest BCUT2D eigenvalue weighted by Crippen LogP contribution is 2.26. The molecule has 76 valence electrons. The van der Waals surface area contributed by atoms with Crippen LogP contribution in [0, 0.1) is 0 Å². The quantitative estimate of drug-likeness (QED) is 0.834. The van der Waals surface area contributed by atoms with E-state index in [0.717, 1.165) is 0 Å². The van der Waals surface area contributed by atoms with Gasteiger partial charge in [0.05, 0.1) is 15.6 Å². The van der Waals surface area contributed by atoms with Crippen LogP contribution in [0.4, 0.5) is 0 Å². The molecule has 1 N–H and O–H groups in total. The van der Waals surface area contributed by atoms with Crippen molar-refractivity contribution >= 4 is 23.2 Å². The van der Waals surface area contributed by atoms with E-state index in [4.69, 9.17) is 23.2 Å². The van der Waals surface area contributed by atoms with Crippen molar-refractivity contribution in [1.82, 2.24) is 10.2 Å². The highest BCUT2D eigenvalue weighted by Gasteiger charge is 2.04. The van der Waals surface area contributed by atoms with Crippen LogP contribution in [0.2, 0.25) is 10.0 Å². The lowest BCUT2D eigenvalue weighted by Crippen LogP contribution is -2.09. The average molecular weight is 241 g/mol. The molecule has 3 nitrogen and oxygen atoms in total. The minimum Gasteiger partial charge on any atom is -0.267 e. The van der Waals surface area contributed by atoms with Gasteiger partial charge in [0, 0.05) is 6.20 Å². The maximum atomic E-state index is 11.4. The first-order valence-corrected chi connectivity index (χ1v) is 4.93. The van der Waals surface area contributed by atoms with Gasteiger partial charge in [-0.1, -0.05) is 29.3 Å². The molecular formula is C10H6Cl2N2O. The van der Waals surface area contributed by atoms with Gasteiger partial charge in [0.1, 0.15) is 0 Å². The largest absolute Gasteiger partial charge is 0.272 e. The summed E-state index contributed by atoms with van der Waals surface area (Å²) in [5, 5.41) is 6.85. The second kappa shape index (κ2) is 4.04. The van der Waals surface area contributed by atoms with Gasteiger partial charge < -0.3 is 0 Å². The van der Waals surface area contributed by atoms with Crippen LogP contribution >= 0.6 is 23.2 Å². The number of nitrogens with zero attached hydrogens (tertiary/aromatic N) is 1. The van der Waals surface area contributed by atoms with Gasteiger partial charge in [-0.3, -0.25) is 4.79 Å². The lowest BCUT2D eigenvalue weighted by Gasteiger charge is -2.01. The van der Waals surface area contributed by atoms with Crippen molar-refractivity contribution < 1.29 is 0 Å². The van der Waals surface area contributed by atoms with Crippen molar-refractivity contribution in [1.29, 1.82) is 0 Å². The molecule has 5 heteroatoms. The number of benzene rings is 1. The van der Waals surface area contributed by atoms with Crippen LogP contribution in [-0.4, -0.2) is 10.2 Å². The average Bonchev–Trinajstić information content (AvgIpc) is 2.23. The summed E-state index contributed by atoms with van der Waals surface area (Å²) in [5.74, 6) is 0. The number of hydrogen-bond donors (Lipinski definition) is 1. The van der Waals surface area contributed by atoms with Crippen molar-refractivity contribution in [3.05, 3.63) is 50.9 Å². The first-order chi connectivity index (χ1) is 7.18. The Labute approximate surface area is 95.7 Å². The van der Waals surface area contributed by atoms with E-state index in [0.29, 0.717) is 21.2 Å². The normalized spacial score (nSPS) is 10.3. The minimum atomic E-state index is -0.254. The molecule has 0 fully saturated rings. The van der Waals surface area contributed by atoms with Gasteiger partial charge in [-0.2, -0.15) is 5.10 Å². The van der Waals surface area contributed by atoms with Crippen LogP contribution in [0.5, 0.6) is 0 Å². The molecule has 0 unspecified atom stereocenters. The molecule has 2 rings (SSSR count). The van der Waals surface area contributed by atoms with E-state index in [-0.39, 0.29) is 5.56 Å². The molecule has 0 aliphatic carbocycles. The summed E-state index contributed by atoms with van der Waals surface area (Å²) in [6.45, 7) is 0. The minimum absolute atomic E-state index is 0.254. The van der Waals surface area contributed by atoms with Gasteiger partial charge in [0.2, 0.25) is 0 Å². The van der Waals surface area contributed by atoms with Crippen molar-refractivity contribution in [2.75, 3.05) is 0 Å². The first kappa shape index (κ1) is 10.2. The third-order valence-electron chi connectivity index (χ3n) is 1.96. The summed E-state index contributed by atoms with van der Waals surface area (Å²) in [7, 11) is 0. The van der Waals surface area contributed by atoms with Gasteiger partial charge in [0.15, 0.2) is 0 Å². The van der Waals surface area contributed by atoms with E-state index in [1.165, 1.54) is 6.20 Å². The number of halogens is 2. The Bertz CT molecular complexity index is 551. The molecule has 1 aromatic carbocycles. The number of aromatic nitrogens is 2. The number of aromatic amines is 1. The Kier molecular flexibility index (Phi) is 2.75. The molecular weight excluding hydrogens is 235 g/mol. The predicted octanol–water partition coefficient (Wildman–Crippen LogP) is 2.74. The monoisotopic (exact) mass is 240 g/mol. The smallest absolute Gasteiger partial charge is 0.267 e. The molecule has 1 heterocycles. The lowest BCUT2D eigenvalue weighted by molar-refractivity contribution is 0.991. The Morgan fingerprint density at radius 2 is 1.93 bits per heavy atom. The van der Waals surface area contributed by atoms with Crippen LogP contribution in [0.15, 0.2) is 35.3 Å². The molecule has 0 bridgehead atoms. The van der Waals surface area contributed by atoms with E-state index >= 15 is 0 Å². The standard InChI is InChI=1S/C10H6Cl2N2O/c11-8-2-1-6(5-9(8)12)7-3-4-13-14-10(7)15/h1-5H,(H,14,15). The third-order valence-corrected chi connectivity index (χ3v) is 2.70. The van der Waals surface area contributed by atoms with Gasteiger partial charge in [-0.15, -0.1) is 0 Å². The topological polar surface area (TPSA) is 45.8 Å². The molecule has 0 spiro atoms. The molecule has 0 aliphatic heterocycles. The molecule has 15 heavy (non-hydrogen) atoms. The Morgan fingerprint density at radius 3 is 2.60 bits per heavy atom. The fourth-order valence-electron chi connectivity index (χ4n) is 1.23. The van der Waals surface area contributed by atoms with E-state index in [1.807, 2.05) is 0 Å². The summed E-state index contributed by atoms with van der Waals surface area (Å²) >= 11 is 11.6. The van der Waals surface area contributed by atoms with Crippen LogP contribution < -0.4 is 5.56 Å². The number of hydrogen-bond acceptors (Lipinski definition) is 2. The van der Waals surface area contributed by atoms with E-state index in [2.05, 4.69) is 10.2 Å². The number of nitrogens with one attached hydrogen (secondary N) is 1. The van der Waals surface area contributed by atoms with E-state index in [1.54, 1.807) is 24.3 Å². The fourth-order valence-corrected chi connectivity index (χ4v) is 1.53. The van der Waals surface area contributed by atoms with E-state index in [9.17, 15) is 4.79 Å². The number of rotatable bonds is 1. The van der Waals surface area contributed by atoms with Gasteiger partial charge in [0.25, 0.3) is 5.56 Å².